The zero-order chi connectivity index (χ0) is 22.9. The van der Waals surface area contributed by atoms with Gasteiger partial charge in [-0.05, 0) is 41.5 Å². The van der Waals surface area contributed by atoms with Crippen molar-refractivity contribution in [1.82, 2.24) is 9.55 Å². The predicted octanol–water partition coefficient (Wildman–Crippen LogP) is 6.15. The molecule has 0 saturated heterocycles. The fourth-order valence-corrected chi connectivity index (χ4v) is 4.63. The van der Waals surface area contributed by atoms with E-state index in [0.717, 1.165) is 27.7 Å². The van der Waals surface area contributed by atoms with Crippen LogP contribution in [0.5, 0.6) is 0 Å². The molecule has 0 aliphatic heterocycles. The molecule has 0 bridgehead atoms. The minimum absolute atomic E-state index is 0.0604. The highest BCUT2D eigenvalue weighted by Gasteiger charge is 2.19. The second-order valence-corrected chi connectivity index (χ2v) is 10.1. The number of halogens is 1. The van der Waals surface area contributed by atoms with Crippen LogP contribution in [0.15, 0.2) is 54.0 Å². The summed E-state index contributed by atoms with van der Waals surface area (Å²) < 4.78 is 2.11. The molecule has 2 heterocycles. The number of nitrogens with zero attached hydrogens (tertiary/aromatic N) is 3. The van der Waals surface area contributed by atoms with E-state index in [0.29, 0.717) is 22.3 Å². The minimum atomic E-state index is -0.114. The van der Waals surface area contributed by atoms with Gasteiger partial charge in [-0.2, -0.15) is 5.26 Å². The average Bonchev–Trinajstić information content (AvgIpc) is 3.34. The van der Waals surface area contributed by atoms with Crippen molar-refractivity contribution in [2.24, 2.45) is 0 Å². The lowest BCUT2D eigenvalue weighted by atomic mass is 9.93. The van der Waals surface area contributed by atoms with Crippen LogP contribution in [0, 0.1) is 11.3 Å². The zero-order valence-corrected chi connectivity index (χ0v) is 19.7. The Bertz CT molecular complexity index is 1320. The Morgan fingerprint density at radius 3 is 2.62 bits per heavy atom. The molecule has 4 rings (SSSR count). The van der Waals surface area contributed by atoms with Crippen LogP contribution in [0.4, 0.5) is 5.13 Å². The van der Waals surface area contributed by atoms with Gasteiger partial charge in [0, 0.05) is 39.5 Å². The summed E-state index contributed by atoms with van der Waals surface area (Å²) in [7, 11) is 0. The van der Waals surface area contributed by atoms with Crippen LogP contribution in [-0.2, 0) is 23.2 Å². The third-order valence-corrected chi connectivity index (χ3v) is 6.22. The Kier molecular flexibility index (Phi) is 6.05. The van der Waals surface area contributed by atoms with Gasteiger partial charge in [0.05, 0.1) is 23.7 Å². The summed E-state index contributed by atoms with van der Waals surface area (Å²) in [6, 6.07) is 15.4. The molecule has 2 aromatic carbocycles. The maximum absolute atomic E-state index is 12.8. The van der Waals surface area contributed by atoms with Crippen LogP contribution in [0.2, 0.25) is 5.02 Å². The van der Waals surface area contributed by atoms with E-state index in [9.17, 15) is 4.79 Å². The Labute approximate surface area is 196 Å². The summed E-state index contributed by atoms with van der Waals surface area (Å²) in [6.45, 7) is 6.92. The number of hydrogen-bond acceptors (Lipinski definition) is 4. The number of aromatic nitrogens is 2. The van der Waals surface area contributed by atoms with E-state index in [2.05, 4.69) is 41.7 Å². The molecular weight excluding hydrogens is 440 g/mol. The fourth-order valence-electron chi connectivity index (χ4n) is 3.51. The molecule has 0 spiro atoms. The summed E-state index contributed by atoms with van der Waals surface area (Å²) in [6.07, 6.45) is 2.23. The third kappa shape index (κ3) is 4.85. The van der Waals surface area contributed by atoms with Crippen molar-refractivity contribution in [3.8, 4) is 6.07 Å². The number of hydrogen-bond donors (Lipinski definition) is 1. The number of nitriles is 1. The first-order chi connectivity index (χ1) is 15.2. The highest BCUT2D eigenvalue weighted by molar-refractivity contribution is 7.13. The summed E-state index contributed by atoms with van der Waals surface area (Å²) in [4.78, 5) is 17.3. The standard InChI is InChI=1S/C25H23ClN4OS/c1-25(2,3)22-15-32-24(28-22)29-23(31)10-18-14-30(21-9-8-19(26)11-20(18)21)13-17-6-4-16(12-27)5-7-17/h4-9,11,14-15H,10,13H2,1-3H3,(H,28,29,31). The average molecular weight is 463 g/mol. The number of carbonyl (C=O) groups is 1. The highest BCUT2D eigenvalue weighted by atomic mass is 35.5. The quantitative estimate of drug-likeness (QED) is 0.386. The molecule has 162 valence electrons. The molecule has 2 aromatic heterocycles. The van der Waals surface area contributed by atoms with E-state index in [-0.39, 0.29) is 17.7 Å². The Balaban J connectivity index is 1.58. The van der Waals surface area contributed by atoms with Crippen molar-refractivity contribution in [1.29, 1.82) is 5.26 Å². The number of anilines is 1. The molecule has 1 amide bonds. The molecule has 32 heavy (non-hydrogen) atoms. The monoisotopic (exact) mass is 462 g/mol. The maximum Gasteiger partial charge on any atom is 0.230 e. The van der Waals surface area contributed by atoms with Crippen molar-refractivity contribution in [2.45, 2.75) is 39.2 Å². The molecule has 1 N–H and O–H groups in total. The lowest BCUT2D eigenvalue weighted by Gasteiger charge is -2.14. The Morgan fingerprint density at radius 2 is 1.97 bits per heavy atom. The van der Waals surface area contributed by atoms with E-state index < -0.39 is 0 Å². The van der Waals surface area contributed by atoms with Crippen LogP contribution in [0.25, 0.3) is 10.9 Å². The van der Waals surface area contributed by atoms with Gasteiger partial charge < -0.3 is 9.88 Å². The Morgan fingerprint density at radius 1 is 1.22 bits per heavy atom. The van der Waals surface area contributed by atoms with Gasteiger partial charge in [0.25, 0.3) is 0 Å². The van der Waals surface area contributed by atoms with Gasteiger partial charge in [0.15, 0.2) is 5.13 Å². The van der Waals surface area contributed by atoms with Crippen molar-refractivity contribution >= 4 is 44.9 Å². The number of benzene rings is 2. The normalized spacial score (nSPS) is 11.5. The van der Waals surface area contributed by atoms with Gasteiger partial charge in [-0.1, -0.05) is 44.5 Å². The van der Waals surface area contributed by atoms with E-state index >= 15 is 0 Å². The number of amides is 1. The summed E-state index contributed by atoms with van der Waals surface area (Å²) >= 11 is 7.70. The molecule has 0 fully saturated rings. The topological polar surface area (TPSA) is 70.7 Å². The molecule has 0 radical (unpaired) electrons. The molecule has 0 unspecified atom stereocenters. The van der Waals surface area contributed by atoms with Gasteiger partial charge >= 0.3 is 0 Å². The molecule has 4 aromatic rings. The second-order valence-electron chi connectivity index (χ2n) is 8.77. The van der Waals surface area contributed by atoms with Crippen molar-refractivity contribution in [3.05, 3.63) is 81.4 Å². The lowest BCUT2D eigenvalue weighted by molar-refractivity contribution is -0.115. The van der Waals surface area contributed by atoms with Crippen LogP contribution in [0.1, 0.15) is 43.2 Å². The maximum atomic E-state index is 12.8. The van der Waals surface area contributed by atoms with E-state index in [4.69, 9.17) is 16.9 Å². The predicted molar refractivity (Wildman–Crippen MR) is 130 cm³/mol. The van der Waals surface area contributed by atoms with E-state index in [1.54, 1.807) is 0 Å². The van der Waals surface area contributed by atoms with E-state index in [1.807, 2.05) is 54.0 Å². The highest BCUT2D eigenvalue weighted by Crippen LogP contribution is 2.28. The third-order valence-electron chi connectivity index (χ3n) is 5.23. The number of rotatable bonds is 5. The first-order valence-corrected chi connectivity index (χ1v) is 11.5. The molecule has 7 heteroatoms. The summed E-state index contributed by atoms with van der Waals surface area (Å²) in [5.74, 6) is -0.114. The van der Waals surface area contributed by atoms with Gasteiger partial charge in [-0.25, -0.2) is 4.98 Å². The van der Waals surface area contributed by atoms with Crippen molar-refractivity contribution in [3.63, 3.8) is 0 Å². The van der Waals surface area contributed by atoms with Gasteiger partial charge in [0.1, 0.15) is 0 Å². The molecule has 0 aliphatic carbocycles. The molecule has 5 nitrogen and oxygen atoms in total. The Hall–Kier alpha value is -3.14. The molecule has 0 atom stereocenters. The van der Waals surface area contributed by atoms with Gasteiger partial charge in [-0.3, -0.25) is 4.79 Å². The van der Waals surface area contributed by atoms with Crippen LogP contribution < -0.4 is 5.32 Å². The number of thiazole rings is 1. The second kappa shape index (κ2) is 8.78. The van der Waals surface area contributed by atoms with Crippen molar-refractivity contribution < 1.29 is 4.79 Å². The van der Waals surface area contributed by atoms with Gasteiger partial charge in [-0.15, -0.1) is 11.3 Å². The molecule has 0 saturated carbocycles. The first kappa shape index (κ1) is 22.1. The number of fused-ring (bicyclic) bond motifs is 1. The minimum Gasteiger partial charge on any atom is -0.343 e. The first-order valence-electron chi connectivity index (χ1n) is 10.2. The fraction of sp³-hybridized carbons (Fsp3) is 0.240. The van der Waals surface area contributed by atoms with Crippen LogP contribution >= 0.6 is 22.9 Å². The SMILES string of the molecule is CC(C)(C)c1csc(NC(=O)Cc2cn(Cc3ccc(C#N)cc3)c3ccc(Cl)cc23)n1. The number of carbonyl (C=O) groups excluding carboxylic acids is 1. The van der Waals surface area contributed by atoms with E-state index in [1.165, 1.54) is 11.3 Å². The summed E-state index contributed by atoms with van der Waals surface area (Å²) in [5, 5.41) is 16.1. The van der Waals surface area contributed by atoms with Crippen LogP contribution in [0.3, 0.4) is 0 Å². The summed E-state index contributed by atoms with van der Waals surface area (Å²) in [5.41, 5.74) is 4.52. The number of nitrogens with one attached hydrogen (secondary N) is 1. The molecule has 0 aliphatic rings. The van der Waals surface area contributed by atoms with Crippen molar-refractivity contribution in [2.75, 3.05) is 5.32 Å². The largest absolute Gasteiger partial charge is 0.343 e. The smallest absolute Gasteiger partial charge is 0.230 e. The lowest BCUT2D eigenvalue weighted by Crippen LogP contribution is -2.15. The van der Waals surface area contributed by atoms with Gasteiger partial charge in [0.2, 0.25) is 5.91 Å². The van der Waals surface area contributed by atoms with Crippen LogP contribution in [-0.4, -0.2) is 15.5 Å². The molecular formula is C25H23ClN4OS. The zero-order valence-electron chi connectivity index (χ0n) is 18.1.